The van der Waals surface area contributed by atoms with Crippen LogP contribution in [0.25, 0.3) is 6.08 Å². The number of anilines is 1. The van der Waals surface area contributed by atoms with Crippen molar-refractivity contribution in [3.63, 3.8) is 0 Å². The Morgan fingerprint density at radius 3 is 2.30 bits per heavy atom. The van der Waals surface area contributed by atoms with Gasteiger partial charge in [0.25, 0.3) is 11.6 Å². The molecule has 0 spiro atoms. The topological polar surface area (TPSA) is 98.5 Å². The number of nitro benzene ring substituents is 1. The summed E-state index contributed by atoms with van der Waals surface area (Å²) in [6.45, 7) is -0.167. The van der Waals surface area contributed by atoms with Crippen molar-refractivity contribution in [1.82, 2.24) is 0 Å². The summed E-state index contributed by atoms with van der Waals surface area (Å²) in [5.74, 6) is -0.160. The van der Waals surface area contributed by atoms with Gasteiger partial charge in [0.2, 0.25) is 0 Å². The van der Waals surface area contributed by atoms with Gasteiger partial charge in [-0.25, -0.2) is 0 Å². The average Bonchev–Trinajstić information content (AvgIpc) is 2.77. The maximum absolute atomic E-state index is 12.3. The third-order valence-electron chi connectivity index (χ3n) is 4.11. The molecule has 1 N–H and O–H groups in total. The second-order valence-corrected chi connectivity index (χ2v) is 6.24. The van der Waals surface area contributed by atoms with Crippen LogP contribution in [0.2, 0.25) is 0 Å². The van der Waals surface area contributed by atoms with Crippen molar-refractivity contribution in [2.75, 3.05) is 11.9 Å². The number of nitrogens with one attached hydrogen (secondary N) is 1. The van der Waals surface area contributed by atoms with Crippen LogP contribution in [-0.4, -0.2) is 23.2 Å². The fourth-order valence-electron chi connectivity index (χ4n) is 2.64. The van der Waals surface area contributed by atoms with Crippen LogP contribution in [0.5, 0.6) is 5.75 Å². The number of nitro groups is 1. The van der Waals surface area contributed by atoms with Gasteiger partial charge in [-0.3, -0.25) is 19.7 Å². The molecule has 30 heavy (non-hydrogen) atoms. The second-order valence-electron chi connectivity index (χ2n) is 6.24. The third-order valence-corrected chi connectivity index (χ3v) is 4.11. The largest absolute Gasteiger partial charge is 0.484 e. The number of para-hydroxylation sites is 2. The van der Waals surface area contributed by atoms with E-state index < -0.39 is 4.92 Å². The number of hydrogen-bond acceptors (Lipinski definition) is 5. The zero-order valence-electron chi connectivity index (χ0n) is 15.9. The summed E-state index contributed by atoms with van der Waals surface area (Å²) >= 11 is 0. The van der Waals surface area contributed by atoms with Crippen molar-refractivity contribution in [2.45, 2.75) is 0 Å². The van der Waals surface area contributed by atoms with Crippen LogP contribution in [-0.2, 0) is 4.79 Å². The molecule has 0 aliphatic carbocycles. The summed E-state index contributed by atoms with van der Waals surface area (Å²) < 4.78 is 5.43. The Hall–Kier alpha value is -4.26. The van der Waals surface area contributed by atoms with E-state index in [-0.39, 0.29) is 24.0 Å². The average molecular weight is 402 g/mol. The zero-order valence-corrected chi connectivity index (χ0v) is 15.9. The Kier molecular flexibility index (Phi) is 6.68. The van der Waals surface area contributed by atoms with Gasteiger partial charge in [-0.2, -0.15) is 0 Å². The third kappa shape index (κ3) is 5.62. The molecule has 0 aromatic heterocycles. The van der Waals surface area contributed by atoms with Crippen molar-refractivity contribution in [2.24, 2.45) is 0 Å². The van der Waals surface area contributed by atoms with Gasteiger partial charge in [0.1, 0.15) is 5.75 Å². The molecule has 0 saturated carbocycles. The lowest BCUT2D eigenvalue weighted by Gasteiger charge is -2.07. The fourth-order valence-corrected chi connectivity index (χ4v) is 2.64. The molecule has 0 aliphatic heterocycles. The Bertz CT molecular complexity index is 1080. The minimum atomic E-state index is -0.496. The van der Waals surface area contributed by atoms with E-state index in [4.69, 9.17) is 4.74 Å². The molecule has 0 atom stereocenters. The lowest BCUT2D eigenvalue weighted by molar-refractivity contribution is -0.385. The Balaban J connectivity index is 1.57. The van der Waals surface area contributed by atoms with Crippen molar-refractivity contribution < 1.29 is 19.2 Å². The van der Waals surface area contributed by atoms with E-state index in [0.29, 0.717) is 22.6 Å². The van der Waals surface area contributed by atoms with Crippen LogP contribution in [0.4, 0.5) is 11.4 Å². The number of ether oxygens (including phenoxy) is 1. The molecule has 0 bridgehead atoms. The Labute approximate surface area is 172 Å². The Morgan fingerprint density at radius 1 is 0.933 bits per heavy atom. The number of ketones is 1. The quantitative estimate of drug-likeness (QED) is 0.259. The van der Waals surface area contributed by atoms with Gasteiger partial charge < -0.3 is 10.1 Å². The van der Waals surface area contributed by atoms with Crippen molar-refractivity contribution in [3.8, 4) is 5.75 Å². The lowest BCUT2D eigenvalue weighted by Crippen LogP contribution is -2.20. The highest BCUT2D eigenvalue weighted by molar-refractivity contribution is 6.07. The molecule has 0 saturated heterocycles. The maximum atomic E-state index is 12.3. The molecule has 7 nitrogen and oxygen atoms in total. The van der Waals surface area contributed by atoms with Gasteiger partial charge in [-0.1, -0.05) is 30.3 Å². The first-order chi connectivity index (χ1) is 14.5. The first-order valence-electron chi connectivity index (χ1n) is 9.06. The summed E-state index contributed by atoms with van der Waals surface area (Å²) in [6.07, 6.45) is 2.70. The van der Waals surface area contributed by atoms with Gasteiger partial charge in [-0.05, 0) is 54.6 Å². The molecule has 0 radical (unpaired) electrons. The van der Waals surface area contributed by atoms with Crippen LogP contribution < -0.4 is 10.1 Å². The molecule has 0 aliphatic rings. The first kappa shape index (κ1) is 20.5. The van der Waals surface area contributed by atoms with E-state index >= 15 is 0 Å². The van der Waals surface area contributed by atoms with Crippen LogP contribution in [0.1, 0.15) is 15.9 Å². The molecule has 150 valence electrons. The molecule has 3 aromatic carbocycles. The Morgan fingerprint density at radius 2 is 1.60 bits per heavy atom. The summed E-state index contributed by atoms with van der Waals surface area (Å²) in [5.41, 5.74) is 1.35. The van der Waals surface area contributed by atoms with E-state index in [9.17, 15) is 19.7 Å². The number of nitrogens with zero attached hydrogens (tertiary/aromatic N) is 1. The molecule has 3 rings (SSSR count). The van der Waals surface area contributed by atoms with Gasteiger partial charge in [0, 0.05) is 17.3 Å². The number of hydrogen-bond donors (Lipinski definition) is 1. The number of rotatable bonds is 8. The van der Waals surface area contributed by atoms with Gasteiger partial charge in [0.15, 0.2) is 12.4 Å². The van der Waals surface area contributed by atoms with Gasteiger partial charge in [-0.15, -0.1) is 0 Å². The van der Waals surface area contributed by atoms with E-state index in [0.717, 1.165) is 0 Å². The van der Waals surface area contributed by atoms with Crippen molar-refractivity contribution in [1.29, 1.82) is 0 Å². The smallest absolute Gasteiger partial charge is 0.276 e. The molecule has 0 unspecified atom stereocenters. The number of allylic oxidation sites excluding steroid dienone is 1. The van der Waals surface area contributed by atoms with Crippen molar-refractivity contribution in [3.05, 3.63) is 106 Å². The number of amides is 1. The standard InChI is InChI=1S/C23H18N2O5/c26-22(15-12-17-6-4-5-9-21(17)25(28)29)18-10-13-20(14-11-18)30-16-23(27)24-19-7-2-1-3-8-19/h1-15H,16H2,(H,24,27)/b15-12+. The summed E-state index contributed by atoms with van der Waals surface area (Å²) in [4.78, 5) is 34.8. The summed E-state index contributed by atoms with van der Waals surface area (Å²) in [5, 5.41) is 13.7. The van der Waals surface area contributed by atoms with Gasteiger partial charge >= 0.3 is 0 Å². The SMILES string of the molecule is O=C(COc1ccc(C(=O)/C=C/c2ccccc2[N+](=O)[O-])cc1)Nc1ccccc1. The molecule has 3 aromatic rings. The molecular formula is C23H18N2O5. The molecule has 0 heterocycles. The van der Waals surface area contributed by atoms with Crippen LogP contribution in [0, 0.1) is 10.1 Å². The molecular weight excluding hydrogens is 384 g/mol. The van der Waals surface area contributed by atoms with Crippen LogP contribution in [0.15, 0.2) is 84.9 Å². The molecule has 0 fully saturated rings. The van der Waals surface area contributed by atoms with E-state index in [1.165, 1.54) is 18.2 Å². The van der Waals surface area contributed by atoms with E-state index in [1.54, 1.807) is 54.6 Å². The summed E-state index contributed by atoms with van der Waals surface area (Å²) in [6, 6.07) is 21.5. The molecule has 1 amide bonds. The van der Waals surface area contributed by atoms with Crippen LogP contribution in [0.3, 0.4) is 0 Å². The highest BCUT2D eigenvalue weighted by Gasteiger charge is 2.10. The highest BCUT2D eigenvalue weighted by atomic mass is 16.6. The van der Waals surface area contributed by atoms with E-state index in [1.807, 2.05) is 18.2 Å². The predicted molar refractivity (Wildman–Crippen MR) is 113 cm³/mol. The number of carbonyl (C=O) groups excluding carboxylic acids is 2. The first-order valence-corrected chi connectivity index (χ1v) is 9.06. The minimum absolute atomic E-state index is 0.0703. The molecule has 7 heteroatoms. The maximum Gasteiger partial charge on any atom is 0.276 e. The lowest BCUT2D eigenvalue weighted by atomic mass is 10.1. The monoisotopic (exact) mass is 402 g/mol. The predicted octanol–water partition coefficient (Wildman–Crippen LogP) is 4.51. The normalized spacial score (nSPS) is 10.5. The highest BCUT2D eigenvalue weighted by Crippen LogP contribution is 2.20. The summed E-state index contributed by atoms with van der Waals surface area (Å²) in [7, 11) is 0. The van der Waals surface area contributed by atoms with Crippen molar-refractivity contribution >= 4 is 29.1 Å². The minimum Gasteiger partial charge on any atom is -0.484 e. The fraction of sp³-hybridized carbons (Fsp3) is 0.0435. The second kappa shape index (κ2) is 9.79. The number of carbonyl (C=O) groups is 2. The number of benzene rings is 3. The van der Waals surface area contributed by atoms with Gasteiger partial charge in [0.05, 0.1) is 10.5 Å². The van der Waals surface area contributed by atoms with Crippen LogP contribution >= 0.6 is 0 Å². The van der Waals surface area contributed by atoms with E-state index in [2.05, 4.69) is 5.32 Å². The zero-order chi connectivity index (χ0) is 21.3.